The van der Waals surface area contributed by atoms with E-state index >= 15 is 0 Å². The summed E-state index contributed by atoms with van der Waals surface area (Å²) < 4.78 is 21.8. The van der Waals surface area contributed by atoms with Crippen LogP contribution in [0, 0.1) is 0 Å². The van der Waals surface area contributed by atoms with Crippen LogP contribution in [0.15, 0.2) is 11.6 Å². The third kappa shape index (κ3) is 3.35. The molecule has 0 amide bonds. The van der Waals surface area contributed by atoms with E-state index in [9.17, 15) is 4.79 Å². The molecule has 2 saturated heterocycles. The van der Waals surface area contributed by atoms with Crippen molar-refractivity contribution in [3.8, 4) is 0 Å². The van der Waals surface area contributed by atoms with Crippen LogP contribution in [0.4, 0.5) is 0 Å². The molecular weight excluding hydrogens is 248 g/mol. The molecule has 2 fully saturated rings. The summed E-state index contributed by atoms with van der Waals surface area (Å²) in [6, 6.07) is 0. The molecule has 2 atom stereocenters. The smallest absolute Gasteiger partial charge is 0.333 e. The standard InChI is InChI=1S/C14H22O5/c1-5-16-12(15)10(2)8-13(3)11(19-13)9-14(4)17-6-7-18-14/h8,11H,5-7,9H2,1-4H3/b10-8+/t11-,13+/m1/s1. The second kappa shape index (κ2) is 5.23. The molecule has 0 aromatic heterocycles. The number of epoxide rings is 1. The maximum atomic E-state index is 11.6. The topological polar surface area (TPSA) is 57.3 Å². The molecule has 0 radical (unpaired) electrons. The molecule has 5 nitrogen and oxygen atoms in total. The predicted octanol–water partition coefficient (Wildman–Crippen LogP) is 1.81. The average Bonchev–Trinajstić information content (AvgIpc) is 2.73. The number of carbonyl (C=O) groups is 1. The molecule has 0 N–H and O–H groups in total. The van der Waals surface area contributed by atoms with Crippen LogP contribution in [0.25, 0.3) is 0 Å². The van der Waals surface area contributed by atoms with Gasteiger partial charge in [0.2, 0.25) is 0 Å². The minimum Gasteiger partial charge on any atom is -0.463 e. The monoisotopic (exact) mass is 270 g/mol. The fourth-order valence-electron chi connectivity index (χ4n) is 2.39. The SMILES string of the molecule is CCOC(=O)/C(C)=C/[C@]1(C)O[C@@H]1CC1(C)OCCO1. The van der Waals surface area contributed by atoms with E-state index in [2.05, 4.69) is 0 Å². The van der Waals surface area contributed by atoms with Gasteiger partial charge in [-0.2, -0.15) is 0 Å². The second-order valence-corrected chi connectivity index (χ2v) is 5.37. The van der Waals surface area contributed by atoms with Crippen molar-refractivity contribution in [3.63, 3.8) is 0 Å². The Kier molecular flexibility index (Phi) is 3.99. The third-order valence-electron chi connectivity index (χ3n) is 3.53. The zero-order chi connectivity index (χ0) is 14.1. The zero-order valence-electron chi connectivity index (χ0n) is 12.0. The lowest BCUT2D eigenvalue weighted by molar-refractivity contribution is -0.149. The van der Waals surface area contributed by atoms with Gasteiger partial charge in [-0.05, 0) is 33.8 Å². The van der Waals surface area contributed by atoms with Gasteiger partial charge in [0, 0.05) is 12.0 Å². The molecule has 19 heavy (non-hydrogen) atoms. The first-order valence-corrected chi connectivity index (χ1v) is 6.71. The Morgan fingerprint density at radius 1 is 1.37 bits per heavy atom. The first-order valence-electron chi connectivity index (χ1n) is 6.71. The molecule has 5 heteroatoms. The van der Waals surface area contributed by atoms with E-state index in [0.29, 0.717) is 31.8 Å². The molecule has 2 aliphatic rings. The summed E-state index contributed by atoms with van der Waals surface area (Å²) in [5.74, 6) is -0.855. The van der Waals surface area contributed by atoms with E-state index in [1.54, 1.807) is 13.8 Å². The Bertz CT molecular complexity index is 383. The van der Waals surface area contributed by atoms with Crippen molar-refractivity contribution in [1.82, 2.24) is 0 Å². The quantitative estimate of drug-likeness (QED) is 0.433. The van der Waals surface area contributed by atoms with Crippen molar-refractivity contribution >= 4 is 5.97 Å². The summed E-state index contributed by atoms with van der Waals surface area (Å²) in [6.07, 6.45) is 2.50. The van der Waals surface area contributed by atoms with Gasteiger partial charge in [0.1, 0.15) is 5.60 Å². The third-order valence-corrected chi connectivity index (χ3v) is 3.53. The largest absolute Gasteiger partial charge is 0.463 e. The van der Waals surface area contributed by atoms with Crippen LogP contribution in [-0.2, 0) is 23.7 Å². The van der Waals surface area contributed by atoms with E-state index in [-0.39, 0.29) is 12.1 Å². The van der Waals surface area contributed by atoms with Gasteiger partial charge in [-0.3, -0.25) is 0 Å². The molecule has 2 aliphatic heterocycles. The highest BCUT2D eigenvalue weighted by Crippen LogP contribution is 2.44. The number of esters is 1. The summed E-state index contributed by atoms with van der Waals surface area (Å²) >= 11 is 0. The first kappa shape index (κ1) is 14.5. The molecule has 108 valence electrons. The summed E-state index contributed by atoms with van der Waals surface area (Å²) in [5, 5.41) is 0. The highest BCUT2D eigenvalue weighted by atomic mass is 16.7. The normalized spacial score (nSPS) is 33.3. The molecule has 2 rings (SSSR count). The van der Waals surface area contributed by atoms with Crippen molar-refractivity contribution in [2.45, 2.75) is 51.6 Å². The summed E-state index contributed by atoms with van der Waals surface area (Å²) in [7, 11) is 0. The average molecular weight is 270 g/mol. The Morgan fingerprint density at radius 2 is 2.00 bits per heavy atom. The van der Waals surface area contributed by atoms with Crippen LogP contribution in [0.2, 0.25) is 0 Å². The molecule has 2 heterocycles. The predicted molar refractivity (Wildman–Crippen MR) is 68.6 cm³/mol. The fraction of sp³-hybridized carbons (Fsp3) is 0.786. The van der Waals surface area contributed by atoms with Crippen molar-refractivity contribution in [1.29, 1.82) is 0 Å². The van der Waals surface area contributed by atoms with Crippen molar-refractivity contribution in [3.05, 3.63) is 11.6 Å². The Balaban J connectivity index is 1.92. The van der Waals surface area contributed by atoms with Crippen LogP contribution >= 0.6 is 0 Å². The number of hydrogen-bond donors (Lipinski definition) is 0. The van der Waals surface area contributed by atoms with Gasteiger partial charge in [-0.25, -0.2) is 4.79 Å². The second-order valence-electron chi connectivity index (χ2n) is 5.37. The number of carbonyl (C=O) groups excluding carboxylic acids is 1. The van der Waals surface area contributed by atoms with Gasteiger partial charge in [0.25, 0.3) is 0 Å². The van der Waals surface area contributed by atoms with Crippen molar-refractivity contribution in [2.75, 3.05) is 19.8 Å². The van der Waals surface area contributed by atoms with E-state index in [4.69, 9.17) is 18.9 Å². The fourth-order valence-corrected chi connectivity index (χ4v) is 2.39. The molecule has 0 saturated carbocycles. The van der Waals surface area contributed by atoms with E-state index in [1.165, 1.54) is 0 Å². The summed E-state index contributed by atoms with van der Waals surface area (Å²) in [5.41, 5.74) is 0.153. The van der Waals surface area contributed by atoms with E-state index in [0.717, 1.165) is 0 Å². The van der Waals surface area contributed by atoms with Crippen LogP contribution in [0.3, 0.4) is 0 Å². The highest BCUT2D eigenvalue weighted by molar-refractivity contribution is 5.88. The number of rotatable bonds is 5. The number of ether oxygens (including phenoxy) is 4. The molecule has 0 spiro atoms. The Labute approximate surface area is 113 Å². The van der Waals surface area contributed by atoms with Crippen molar-refractivity contribution in [2.24, 2.45) is 0 Å². The molecular formula is C14H22O5. The van der Waals surface area contributed by atoms with Gasteiger partial charge in [0.15, 0.2) is 5.79 Å². The van der Waals surface area contributed by atoms with E-state index < -0.39 is 11.4 Å². The van der Waals surface area contributed by atoms with Gasteiger partial charge in [-0.15, -0.1) is 0 Å². The lowest BCUT2D eigenvalue weighted by Gasteiger charge is -2.21. The van der Waals surface area contributed by atoms with Gasteiger partial charge in [-0.1, -0.05) is 0 Å². The maximum Gasteiger partial charge on any atom is 0.333 e. The molecule has 0 aromatic rings. The zero-order valence-corrected chi connectivity index (χ0v) is 12.0. The maximum absolute atomic E-state index is 11.6. The van der Waals surface area contributed by atoms with Gasteiger partial charge < -0.3 is 18.9 Å². The molecule has 0 aromatic carbocycles. The van der Waals surface area contributed by atoms with Crippen LogP contribution in [0.1, 0.15) is 34.1 Å². The van der Waals surface area contributed by atoms with Crippen LogP contribution in [-0.4, -0.2) is 43.3 Å². The summed E-state index contributed by atoms with van der Waals surface area (Å²) in [4.78, 5) is 11.6. The Hall–Kier alpha value is -0.910. The lowest BCUT2D eigenvalue weighted by Crippen LogP contribution is -2.29. The summed E-state index contributed by atoms with van der Waals surface area (Å²) in [6.45, 7) is 9.04. The Morgan fingerprint density at radius 3 is 2.58 bits per heavy atom. The highest BCUT2D eigenvalue weighted by Gasteiger charge is 2.54. The molecule has 0 aliphatic carbocycles. The lowest BCUT2D eigenvalue weighted by atomic mass is 9.99. The molecule has 0 bridgehead atoms. The van der Waals surface area contributed by atoms with Crippen molar-refractivity contribution < 1.29 is 23.7 Å². The van der Waals surface area contributed by atoms with Gasteiger partial charge in [0.05, 0.1) is 25.9 Å². The van der Waals surface area contributed by atoms with Gasteiger partial charge >= 0.3 is 5.97 Å². The van der Waals surface area contributed by atoms with Crippen LogP contribution in [0.5, 0.6) is 0 Å². The minimum atomic E-state index is -0.561. The first-order chi connectivity index (χ1) is 8.88. The number of hydrogen-bond acceptors (Lipinski definition) is 5. The van der Waals surface area contributed by atoms with E-state index in [1.807, 2.05) is 19.9 Å². The molecule has 0 unspecified atom stereocenters. The van der Waals surface area contributed by atoms with Crippen LogP contribution < -0.4 is 0 Å². The minimum absolute atomic E-state index is 0.0139.